The lowest BCUT2D eigenvalue weighted by Gasteiger charge is -2.38. The summed E-state index contributed by atoms with van der Waals surface area (Å²) in [6.45, 7) is 0. The number of aromatic hydroxyl groups is 5. The highest BCUT2D eigenvalue weighted by molar-refractivity contribution is 5.93. The van der Waals surface area contributed by atoms with Gasteiger partial charge in [-0.3, -0.25) is 4.79 Å². The van der Waals surface area contributed by atoms with Gasteiger partial charge in [-0.05, 0) is 18.2 Å². The Hall–Kier alpha value is -4.24. The van der Waals surface area contributed by atoms with E-state index in [1.54, 1.807) is 0 Å². The van der Waals surface area contributed by atoms with Gasteiger partial charge in [0.25, 0.3) is 0 Å². The van der Waals surface area contributed by atoms with Crippen molar-refractivity contribution in [3.63, 3.8) is 0 Å². The van der Waals surface area contributed by atoms with E-state index in [4.69, 9.17) is 13.9 Å². The molecule has 0 amide bonds. The molecule has 14 heteroatoms. The number of carbonyl (C=O) groups is 1. The third-order valence-corrected chi connectivity index (χ3v) is 5.34. The second-order valence-corrected chi connectivity index (χ2v) is 7.61. The molecule has 0 unspecified atom stereocenters. The van der Waals surface area contributed by atoms with Gasteiger partial charge in [0.15, 0.2) is 34.7 Å². The van der Waals surface area contributed by atoms with Gasteiger partial charge in [0.05, 0.1) is 0 Å². The molecule has 5 atom stereocenters. The van der Waals surface area contributed by atoms with Crippen LogP contribution in [0.2, 0.25) is 0 Å². The fourth-order valence-corrected chi connectivity index (χ4v) is 3.53. The molecule has 0 spiro atoms. The highest BCUT2D eigenvalue weighted by Gasteiger charge is 2.48. The Morgan fingerprint density at radius 1 is 0.857 bits per heavy atom. The summed E-state index contributed by atoms with van der Waals surface area (Å²) in [4.78, 5) is 24.7. The van der Waals surface area contributed by atoms with Gasteiger partial charge in [0.1, 0.15) is 29.4 Å². The van der Waals surface area contributed by atoms with E-state index < -0.39 is 93.3 Å². The summed E-state index contributed by atoms with van der Waals surface area (Å²) in [6, 6.07) is 3.70. The van der Waals surface area contributed by atoms with Gasteiger partial charge in [-0.15, -0.1) is 0 Å². The van der Waals surface area contributed by atoms with Crippen LogP contribution < -0.4 is 10.2 Å². The SMILES string of the molecule is O=C(O)[C@H]1O[C@@H](Oc2c(-c3ccc(O)c(O)c3)oc3c(O)c(O)cc(O)c3c2=O)[C@@H](O)[C@@H](O)[C@@H]1O. The molecule has 0 radical (unpaired) electrons. The van der Waals surface area contributed by atoms with E-state index in [9.17, 15) is 55.5 Å². The maximum atomic E-state index is 13.3. The molecular formula is C21H18O14. The highest BCUT2D eigenvalue weighted by Crippen LogP contribution is 2.43. The number of aliphatic carboxylic acids is 1. The lowest BCUT2D eigenvalue weighted by atomic mass is 9.99. The van der Waals surface area contributed by atoms with Crippen LogP contribution in [0.3, 0.4) is 0 Å². The van der Waals surface area contributed by atoms with Crippen LogP contribution in [0, 0.1) is 0 Å². The molecule has 1 fully saturated rings. The minimum atomic E-state index is -2.07. The zero-order valence-electron chi connectivity index (χ0n) is 17.3. The van der Waals surface area contributed by atoms with Crippen LogP contribution in [-0.4, -0.2) is 82.6 Å². The van der Waals surface area contributed by atoms with Crippen LogP contribution >= 0.6 is 0 Å². The average molecular weight is 494 g/mol. The first-order chi connectivity index (χ1) is 16.4. The summed E-state index contributed by atoms with van der Waals surface area (Å²) in [5.41, 5.74) is -2.06. The summed E-state index contributed by atoms with van der Waals surface area (Å²) < 4.78 is 15.9. The van der Waals surface area contributed by atoms with Crippen LogP contribution in [0.15, 0.2) is 33.5 Å². The minimum Gasteiger partial charge on any atom is -0.507 e. The summed E-state index contributed by atoms with van der Waals surface area (Å²) in [7, 11) is 0. The molecule has 14 nitrogen and oxygen atoms in total. The van der Waals surface area contributed by atoms with Crippen molar-refractivity contribution in [2.24, 2.45) is 0 Å². The minimum absolute atomic E-state index is 0.155. The standard InChI is InChI=1S/C21H18O14/c22-6-2-1-5(3-7(6)23)16-18(12(27)10-8(24)4-9(25)11(26)17(10)33-16)34-21-15(30)13(28)14(29)19(35-21)20(31)32/h1-4,13-15,19,21-26,28-30H,(H,31,32)/t13-,14-,15-,19-,21+/m0/s1. The molecule has 0 aliphatic carbocycles. The highest BCUT2D eigenvalue weighted by atomic mass is 16.7. The summed E-state index contributed by atoms with van der Waals surface area (Å²) in [5, 5.41) is 88.3. The number of fused-ring (bicyclic) bond motifs is 1. The molecule has 2 heterocycles. The first-order valence-electron chi connectivity index (χ1n) is 9.78. The number of aliphatic hydroxyl groups is 3. The van der Waals surface area contributed by atoms with Crippen LogP contribution in [0.5, 0.6) is 34.5 Å². The number of carboxylic acids is 1. The van der Waals surface area contributed by atoms with Crippen LogP contribution in [0.1, 0.15) is 0 Å². The van der Waals surface area contributed by atoms with Crippen LogP contribution in [0.25, 0.3) is 22.3 Å². The van der Waals surface area contributed by atoms with Crippen molar-refractivity contribution >= 4 is 16.9 Å². The molecule has 1 aliphatic rings. The van der Waals surface area contributed by atoms with Crippen molar-refractivity contribution in [3.8, 4) is 45.8 Å². The summed E-state index contributed by atoms with van der Waals surface area (Å²) in [6.07, 6.45) is -10.3. The molecule has 2 aromatic carbocycles. The Bertz CT molecular complexity index is 1380. The van der Waals surface area contributed by atoms with E-state index in [1.807, 2.05) is 0 Å². The predicted octanol–water partition coefficient (Wildman–Crippen LogP) is -0.741. The van der Waals surface area contributed by atoms with E-state index >= 15 is 0 Å². The number of carboxylic acid groups (broad SMARTS) is 1. The number of aliphatic hydroxyl groups excluding tert-OH is 3. The van der Waals surface area contributed by atoms with Gasteiger partial charge in [-0.2, -0.15) is 0 Å². The van der Waals surface area contributed by atoms with Gasteiger partial charge in [0, 0.05) is 11.6 Å². The third-order valence-electron chi connectivity index (χ3n) is 5.34. The number of hydrogen-bond acceptors (Lipinski definition) is 13. The number of rotatable bonds is 4. The number of hydrogen-bond donors (Lipinski definition) is 9. The predicted molar refractivity (Wildman–Crippen MR) is 111 cm³/mol. The molecule has 3 aromatic rings. The van der Waals surface area contributed by atoms with E-state index in [1.165, 1.54) is 0 Å². The summed E-state index contributed by atoms with van der Waals surface area (Å²) >= 11 is 0. The zero-order chi connectivity index (χ0) is 25.8. The number of ether oxygens (including phenoxy) is 2. The van der Waals surface area contributed by atoms with E-state index in [-0.39, 0.29) is 5.56 Å². The molecule has 0 bridgehead atoms. The molecule has 1 aromatic heterocycles. The van der Waals surface area contributed by atoms with Gasteiger partial charge < -0.3 is 59.8 Å². The lowest BCUT2D eigenvalue weighted by Crippen LogP contribution is -2.61. The largest absolute Gasteiger partial charge is 0.507 e. The second kappa shape index (κ2) is 8.52. The molecule has 4 rings (SSSR count). The monoisotopic (exact) mass is 494 g/mol. The van der Waals surface area contributed by atoms with Crippen LogP contribution in [0.4, 0.5) is 0 Å². The zero-order valence-corrected chi connectivity index (χ0v) is 17.3. The maximum absolute atomic E-state index is 13.3. The van der Waals surface area contributed by atoms with Crippen LogP contribution in [-0.2, 0) is 9.53 Å². The summed E-state index contributed by atoms with van der Waals surface area (Å²) in [5.74, 6) is -7.01. The Kier molecular flexibility index (Phi) is 5.82. The van der Waals surface area contributed by atoms with Crippen molar-refractivity contribution < 1.29 is 64.6 Å². The topological polar surface area (TPSA) is 248 Å². The van der Waals surface area contributed by atoms with Crippen molar-refractivity contribution in [1.82, 2.24) is 0 Å². The molecule has 1 aliphatic heterocycles. The number of benzene rings is 2. The number of phenols is 5. The third kappa shape index (κ3) is 3.89. The van der Waals surface area contributed by atoms with Crippen molar-refractivity contribution in [2.75, 3.05) is 0 Å². The Labute approximate surface area is 193 Å². The van der Waals surface area contributed by atoms with Crippen molar-refractivity contribution in [1.29, 1.82) is 0 Å². The fourth-order valence-electron chi connectivity index (χ4n) is 3.53. The first kappa shape index (κ1) is 23.9. The smallest absolute Gasteiger partial charge is 0.335 e. The second-order valence-electron chi connectivity index (χ2n) is 7.61. The van der Waals surface area contributed by atoms with Gasteiger partial charge in [0.2, 0.25) is 23.2 Å². The van der Waals surface area contributed by atoms with Crippen molar-refractivity contribution in [2.45, 2.75) is 30.7 Å². The molecule has 1 saturated heterocycles. The average Bonchev–Trinajstić information content (AvgIpc) is 2.80. The first-order valence-corrected chi connectivity index (χ1v) is 9.78. The molecule has 0 saturated carbocycles. The quantitative estimate of drug-likeness (QED) is 0.160. The van der Waals surface area contributed by atoms with Gasteiger partial charge in [-0.25, -0.2) is 4.79 Å². The molecule has 9 N–H and O–H groups in total. The van der Waals surface area contributed by atoms with Gasteiger partial charge >= 0.3 is 5.97 Å². The lowest BCUT2D eigenvalue weighted by molar-refractivity contribution is -0.271. The number of phenolic OH excluding ortho intramolecular Hbond substituents is 5. The van der Waals surface area contributed by atoms with E-state index in [0.717, 1.165) is 18.2 Å². The van der Waals surface area contributed by atoms with E-state index in [2.05, 4.69) is 0 Å². The Morgan fingerprint density at radius 3 is 2.17 bits per heavy atom. The Balaban J connectivity index is 1.95. The fraction of sp³-hybridized carbons (Fsp3) is 0.238. The molecule has 35 heavy (non-hydrogen) atoms. The van der Waals surface area contributed by atoms with E-state index in [0.29, 0.717) is 6.07 Å². The maximum Gasteiger partial charge on any atom is 0.335 e. The Morgan fingerprint density at radius 2 is 1.54 bits per heavy atom. The molecular weight excluding hydrogens is 476 g/mol. The molecule has 186 valence electrons. The van der Waals surface area contributed by atoms with Gasteiger partial charge in [-0.1, -0.05) is 0 Å². The normalized spacial score (nSPS) is 24.4. The van der Waals surface area contributed by atoms with Crippen molar-refractivity contribution in [3.05, 3.63) is 34.5 Å².